The van der Waals surface area contributed by atoms with Crippen LogP contribution in [0.25, 0.3) is 0 Å². The fourth-order valence-electron chi connectivity index (χ4n) is 2.79. The first kappa shape index (κ1) is 21.7. The molecule has 8 nitrogen and oxygen atoms in total. The number of carbonyl (C=O) groups is 2. The van der Waals surface area contributed by atoms with Gasteiger partial charge in [-0.25, -0.2) is 4.99 Å². The van der Waals surface area contributed by atoms with E-state index in [1.807, 2.05) is 18.2 Å². The van der Waals surface area contributed by atoms with Crippen LogP contribution >= 0.6 is 0 Å². The van der Waals surface area contributed by atoms with Crippen LogP contribution in [-0.4, -0.2) is 76.7 Å². The highest BCUT2D eigenvalue weighted by molar-refractivity contribution is 5.94. The van der Waals surface area contributed by atoms with Gasteiger partial charge in [0.25, 0.3) is 5.91 Å². The Balaban J connectivity index is 1.90. The van der Waals surface area contributed by atoms with Crippen molar-refractivity contribution in [2.75, 3.05) is 54.0 Å². The van der Waals surface area contributed by atoms with Gasteiger partial charge in [-0.3, -0.25) is 9.59 Å². The van der Waals surface area contributed by atoms with E-state index in [1.54, 1.807) is 27.2 Å². The third-order valence-corrected chi connectivity index (χ3v) is 4.58. The van der Waals surface area contributed by atoms with E-state index in [1.165, 1.54) is 4.90 Å². The number of amides is 2. The number of nitrogens with zero attached hydrogens (tertiary/aromatic N) is 2. The molecule has 3 N–H and O–H groups in total. The highest BCUT2D eigenvalue weighted by atomic mass is 16.5. The van der Waals surface area contributed by atoms with Crippen LogP contribution in [0.2, 0.25) is 0 Å². The molecule has 1 atom stereocenters. The molecule has 2 amide bonds. The van der Waals surface area contributed by atoms with E-state index in [9.17, 15) is 9.59 Å². The summed E-state index contributed by atoms with van der Waals surface area (Å²) in [6.07, 6.45) is 1.77. The van der Waals surface area contributed by atoms with Crippen molar-refractivity contribution in [3.63, 3.8) is 0 Å². The first-order valence-corrected chi connectivity index (χ1v) is 9.60. The molecule has 1 aromatic carbocycles. The van der Waals surface area contributed by atoms with Crippen molar-refractivity contribution in [1.82, 2.24) is 20.9 Å². The fourth-order valence-corrected chi connectivity index (χ4v) is 2.79. The Morgan fingerprint density at radius 2 is 2.11 bits per heavy atom. The van der Waals surface area contributed by atoms with Crippen molar-refractivity contribution < 1.29 is 14.3 Å². The monoisotopic (exact) mass is 389 g/mol. The topological polar surface area (TPSA) is 95.1 Å². The molecule has 2 rings (SSSR count). The van der Waals surface area contributed by atoms with Gasteiger partial charge in [-0.05, 0) is 30.5 Å². The van der Waals surface area contributed by atoms with Gasteiger partial charge in [0.1, 0.15) is 6.54 Å². The minimum Gasteiger partial charge on any atom is -0.381 e. The van der Waals surface area contributed by atoms with Gasteiger partial charge < -0.3 is 25.6 Å². The van der Waals surface area contributed by atoms with Crippen molar-refractivity contribution in [2.45, 2.75) is 12.8 Å². The first-order valence-electron chi connectivity index (χ1n) is 9.60. The van der Waals surface area contributed by atoms with Gasteiger partial charge in [0.15, 0.2) is 5.96 Å². The fraction of sp³-hybridized carbons (Fsp3) is 0.550. The van der Waals surface area contributed by atoms with E-state index in [4.69, 9.17) is 4.74 Å². The Labute approximate surface area is 166 Å². The van der Waals surface area contributed by atoms with Crippen molar-refractivity contribution in [2.24, 2.45) is 10.9 Å². The minimum absolute atomic E-state index is 0.0522. The molecule has 0 bridgehead atoms. The lowest BCUT2D eigenvalue weighted by Gasteiger charge is -2.16. The maximum Gasteiger partial charge on any atom is 0.251 e. The van der Waals surface area contributed by atoms with E-state index >= 15 is 0 Å². The standard InChI is InChI=1S/C20H31N5O3/c1-21-19(27)17-6-4-5-15(11-17)7-9-22-20(24-13-18(26)25(2)3)23-12-16-8-10-28-14-16/h4-6,11,16H,7-10,12-14H2,1-3H3,(H,21,27)(H2,22,23,24). The molecule has 1 aromatic rings. The Kier molecular flexibility index (Phi) is 8.74. The van der Waals surface area contributed by atoms with Crippen molar-refractivity contribution in [3.05, 3.63) is 35.4 Å². The predicted octanol–water partition coefficient (Wildman–Crippen LogP) is 0.249. The average Bonchev–Trinajstić information content (AvgIpc) is 3.22. The maximum absolute atomic E-state index is 11.8. The number of hydrogen-bond acceptors (Lipinski definition) is 4. The number of nitrogens with one attached hydrogen (secondary N) is 3. The zero-order valence-corrected chi connectivity index (χ0v) is 17.0. The summed E-state index contributed by atoms with van der Waals surface area (Å²) in [5.74, 6) is 0.925. The van der Waals surface area contributed by atoms with Gasteiger partial charge in [-0.15, -0.1) is 0 Å². The summed E-state index contributed by atoms with van der Waals surface area (Å²) in [7, 11) is 5.05. The second-order valence-electron chi connectivity index (χ2n) is 7.02. The number of guanidine groups is 1. The molecule has 0 saturated carbocycles. The molecule has 1 heterocycles. The molecule has 1 unspecified atom stereocenters. The van der Waals surface area contributed by atoms with Crippen LogP contribution in [0, 0.1) is 5.92 Å². The van der Waals surface area contributed by atoms with Crippen molar-refractivity contribution in [1.29, 1.82) is 0 Å². The number of ether oxygens (including phenoxy) is 1. The molecule has 154 valence electrons. The molecule has 0 spiro atoms. The summed E-state index contributed by atoms with van der Waals surface area (Å²) in [6.45, 7) is 3.04. The number of rotatable bonds is 8. The number of hydrogen-bond donors (Lipinski definition) is 3. The molecular weight excluding hydrogens is 358 g/mol. The van der Waals surface area contributed by atoms with Crippen molar-refractivity contribution in [3.8, 4) is 0 Å². The van der Waals surface area contributed by atoms with Crippen LogP contribution < -0.4 is 16.0 Å². The van der Waals surface area contributed by atoms with E-state index in [0.29, 0.717) is 24.0 Å². The summed E-state index contributed by atoms with van der Waals surface area (Å²) in [5, 5.41) is 9.21. The second-order valence-corrected chi connectivity index (χ2v) is 7.02. The van der Waals surface area contributed by atoms with E-state index < -0.39 is 0 Å². The Bertz CT molecular complexity index is 684. The Morgan fingerprint density at radius 1 is 1.29 bits per heavy atom. The molecule has 0 radical (unpaired) electrons. The molecule has 1 aliphatic rings. The Hall–Kier alpha value is -2.61. The number of likely N-dealkylation sites (N-methyl/N-ethyl adjacent to an activating group) is 1. The van der Waals surface area contributed by atoms with E-state index in [-0.39, 0.29) is 18.4 Å². The molecule has 8 heteroatoms. The number of carbonyl (C=O) groups excluding carboxylic acids is 2. The van der Waals surface area contributed by atoms with Gasteiger partial charge in [0.05, 0.1) is 6.61 Å². The SMILES string of the molecule is CNC(=O)c1cccc(CCNC(=NCC(=O)N(C)C)NCC2CCOC2)c1. The highest BCUT2D eigenvalue weighted by Crippen LogP contribution is 2.10. The summed E-state index contributed by atoms with van der Waals surface area (Å²) in [5.41, 5.74) is 1.70. The molecule has 1 fully saturated rings. The summed E-state index contributed by atoms with van der Waals surface area (Å²) in [6, 6.07) is 7.55. The third-order valence-electron chi connectivity index (χ3n) is 4.58. The van der Waals surface area contributed by atoms with E-state index in [2.05, 4.69) is 20.9 Å². The molecule has 1 saturated heterocycles. The van der Waals surface area contributed by atoms with Crippen molar-refractivity contribution >= 4 is 17.8 Å². The number of aliphatic imine (C=N–C) groups is 1. The quantitative estimate of drug-likeness (QED) is 0.438. The Morgan fingerprint density at radius 3 is 2.79 bits per heavy atom. The minimum atomic E-state index is -0.0975. The summed E-state index contributed by atoms with van der Waals surface area (Å²) >= 11 is 0. The predicted molar refractivity (Wildman–Crippen MR) is 109 cm³/mol. The molecule has 0 aromatic heterocycles. The lowest BCUT2D eigenvalue weighted by Crippen LogP contribution is -2.41. The number of benzene rings is 1. The summed E-state index contributed by atoms with van der Waals surface area (Å²) in [4.78, 5) is 29.5. The van der Waals surface area contributed by atoms with E-state index in [0.717, 1.165) is 38.2 Å². The van der Waals surface area contributed by atoms with Crippen LogP contribution in [0.3, 0.4) is 0 Å². The largest absolute Gasteiger partial charge is 0.381 e. The maximum atomic E-state index is 11.8. The van der Waals surface area contributed by atoms with Crippen LogP contribution in [-0.2, 0) is 16.0 Å². The highest BCUT2D eigenvalue weighted by Gasteiger charge is 2.16. The molecular formula is C20H31N5O3. The first-order chi connectivity index (χ1) is 13.5. The normalized spacial score (nSPS) is 16.5. The van der Waals surface area contributed by atoms with Gasteiger partial charge >= 0.3 is 0 Å². The lowest BCUT2D eigenvalue weighted by atomic mass is 10.1. The van der Waals surface area contributed by atoms with Crippen LogP contribution in [0.5, 0.6) is 0 Å². The van der Waals surface area contributed by atoms with Crippen LogP contribution in [0.1, 0.15) is 22.3 Å². The van der Waals surface area contributed by atoms with Crippen LogP contribution in [0.15, 0.2) is 29.3 Å². The lowest BCUT2D eigenvalue weighted by molar-refractivity contribution is -0.127. The zero-order valence-electron chi connectivity index (χ0n) is 17.0. The molecule has 28 heavy (non-hydrogen) atoms. The smallest absolute Gasteiger partial charge is 0.251 e. The molecule has 1 aliphatic heterocycles. The molecule has 0 aliphatic carbocycles. The van der Waals surface area contributed by atoms with Gasteiger partial charge in [0, 0.05) is 52.3 Å². The third kappa shape index (κ3) is 7.19. The summed E-state index contributed by atoms with van der Waals surface area (Å²) < 4.78 is 5.40. The average molecular weight is 390 g/mol. The van der Waals surface area contributed by atoms with Gasteiger partial charge in [-0.2, -0.15) is 0 Å². The zero-order chi connectivity index (χ0) is 20.4. The second kappa shape index (κ2) is 11.3. The van der Waals surface area contributed by atoms with Gasteiger partial charge in [0.2, 0.25) is 5.91 Å². The van der Waals surface area contributed by atoms with Crippen LogP contribution in [0.4, 0.5) is 0 Å². The van der Waals surface area contributed by atoms with Gasteiger partial charge in [-0.1, -0.05) is 12.1 Å².